The van der Waals surface area contributed by atoms with Crippen molar-refractivity contribution in [2.75, 3.05) is 7.11 Å². The second-order valence-electron chi connectivity index (χ2n) is 5.45. The molecule has 100 valence electrons. The van der Waals surface area contributed by atoms with E-state index < -0.39 is 0 Å². The van der Waals surface area contributed by atoms with Gasteiger partial charge in [0.05, 0.1) is 13.2 Å². The molecule has 0 aliphatic heterocycles. The molecule has 1 N–H and O–H groups in total. The Morgan fingerprint density at radius 1 is 1.17 bits per heavy atom. The van der Waals surface area contributed by atoms with Crippen molar-refractivity contribution in [1.29, 1.82) is 0 Å². The zero-order valence-corrected chi connectivity index (χ0v) is 11.3. The zero-order chi connectivity index (χ0) is 12.8. The molecule has 1 fully saturated rings. The third-order valence-electron chi connectivity index (χ3n) is 3.96. The standard InChI is InChI=1S/C16H24O2/c1-18-16-9-7-14(8-10-16)12-15(17)11-13-5-3-2-4-6-13/h7-10,13,15,17H,2-6,11-12H2,1H3. The summed E-state index contributed by atoms with van der Waals surface area (Å²) in [6.07, 6.45) is 8.22. The van der Waals surface area contributed by atoms with Crippen molar-refractivity contribution in [1.82, 2.24) is 0 Å². The first-order valence-electron chi connectivity index (χ1n) is 7.09. The molecule has 0 amide bonds. The van der Waals surface area contributed by atoms with Gasteiger partial charge in [0.1, 0.15) is 5.75 Å². The molecule has 1 saturated carbocycles. The van der Waals surface area contributed by atoms with Crippen LogP contribution in [0.15, 0.2) is 24.3 Å². The zero-order valence-electron chi connectivity index (χ0n) is 11.3. The first kappa shape index (κ1) is 13.4. The second kappa shape index (κ2) is 6.79. The third-order valence-corrected chi connectivity index (χ3v) is 3.96. The maximum Gasteiger partial charge on any atom is 0.118 e. The highest BCUT2D eigenvalue weighted by Gasteiger charge is 2.17. The number of benzene rings is 1. The number of hydrogen-bond donors (Lipinski definition) is 1. The van der Waals surface area contributed by atoms with Gasteiger partial charge >= 0.3 is 0 Å². The fourth-order valence-electron chi connectivity index (χ4n) is 2.92. The number of rotatable bonds is 5. The fourth-order valence-corrected chi connectivity index (χ4v) is 2.92. The van der Waals surface area contributed by atoms with Crippen LogP contribution in [-0.4, -0.2) is 18.3 Å². The predicted molar refractivity (Wildman–Crippen MR) is 73.9 cm³/mol. The SMILES string of the molecule is COc1ccc(CC(O)CC2CCCCC2)cc1. The largest absolute Gasteiger partial charge is 0.497 e. The predicted octanol–water partition coefficient (Wildman–Crippen LogP) is 3.57. The molecule has 0 aromatic heterocycles. The molecule has 18 heavy (non-hydrogen) atoms. The van der Waals surface area contributed by atoms with Gasteiger partial charge in [0.15, 0.2) is 0 Å². The van der Waals surface area contributed by atoms with Gasteiger partial charge in [-0.2, -0.15) is 0 Å². The van der Waals surface area contributed by atoms with Crippen LogP contribution in [0.5, 0.6) is 5.75 Å². The van der Waals surface area contributed by atoms with Crippen LogP contribution in [0, 0.1) is 5.92 Å². The van der Waals surface area contributed by atoms with Crippen LogP contribution in [0.25, 0.3) is 0 Å². The summed E-state index contributed by atoms with van der Waals surface area (Å²) < 4.78 is 5.13. The minimum Gasteiger partial charge on any atom is -0.497 e. The quantitative estimate of drug-likeness (QED) is 0.863. The summed E-state index contributed by atoms with van der Waals surface area (Å²) in [5.74, 6) is 1.62. The molecule has 1 atom stereocenters. The van der Waals surface area contributed by atoms with Gasteiger partial charge in [0.2, 0.25) is 0 Å². The van der Waals surface area contributed by atoms with E-state index in [4.69, 9.17) is 4.74 Å². The lowest BCUT2D eigenvalue weighted by atomic mass is 9.84. The van der Waals surface area contributed by atoms with Crippen molar-refractivity contribution in [3.05, 3.63) is 29.8 Å². The van der Waals surface area contributed by atoms with Gasteiger partial charge in [-0.15, -0.1) is 0 Å². The van der Waals surface area contributed by atoms with Gasteiger partial charge in [0.25, 0.3) is 0 Å². The molecule has 1 unspecified atom stereocenters. The van der Waals surface area contributed by atoms with Gasteiger partial charge in [-0.1, -0.05) is 44.2 Å². The number of hydrogen-bond acceptors (Lipinski definition) is 2. The maximum absolute atomic E-state index is 10.2. The molecule has 0 spiro atoms. The lowest BCUT2D eigenvalue weighted by molar-refractivity contribution is 0.130. The topological polar surface area (TPSA) is 29.5 Å². The van der Waals surface area contributed by atoms with E-state index in [1.807, 2.05) is 24.3 Å². The molecule has 0 heterocycles. The van der Waals surface area contributed by atoms with E-state index in [9.17, 15) is 5.11 Å². The van der Waals surface area contributed by atoms with Gasteiger partial charge in [-0.25, -0.2) is 0 Å². The van der Waals surface area contributed by atoms with Crippen LogP contribution in [-0.2, 0) is 6.42 Å². The molecular weight excluding hydrogens is 224 g/mol. The van der Waals surface area contributed by atoms with Crippen LogP contribution < -0.4 is 4.74 Å². The molecule has 1 aromatic rings. The molecular formula is C16H24O2. The van der Waals surface area contributed by atoms with Crippen LogP contribution in [0.3, 0.4) is 0 Å². The third kappa shape index (κ3) is 4.02. The van der Waals surface area contributed by atoms with Gasteiger partial charge in [0, 0.05) is 0 Å². The molecule has 0 saturated heterocycles. The fraction of sp³-hybridized carbons (Fsp3) is 0.625. The number of ether oxygens (including phenoxy) is 1. The lowest BCUT2D eigenvalue weighted by Crippen LogP contribution is -2.18. The van der Waals surface area contributed by atoms with E-state index in [1.165, 1.54) is 37.7 Å². The summed E-state index contributed by atoms with van der Waals surface area (Å²) in [7, 11) is 1.67. The Labute approximate surface area is 110 Å². The smallest absolute Gasteiger partial charge is 0.118 e. The Kier molecular flexibility index (Phi) is 5.06. The van der Waals surface area contributed by atoms with E-state index >= 15 is 0 Å². The molecule has 1 aliphatic rings. The van der Waals surface area contributed by atoms with E-state index in [2.05, 4.69) is 0 Å². The van der Waals surface area contributed by atoms with Crippen molar-refractivity contribution in [3.8, 4) is 5.75 Å². The average Bonchev–Trinajstić information content (AvgIpc) is 2.40. The Morgan fingerprint density at radius 2 is 1.83 bits per heavy atom. The van der Waals surface area contributed by atoms with Gasteiger partial charge in [-0.3, -0.25) is 0 Å². The molecule has 0 radical (unpaired) electrons. The molecule has 1 aliphatic carbocycles. The van der Waals surface area contributed by atoms with Crippen LogP contribution >= 0.6 is 0 Å². The Hall–Kier alpha value is -1.02. The van der Waals surface area contributed by atoms with Gasteiger partial charge in [-0.05, 0) is 36.5 Å². The summed E-state index contributed by atoms with van der Waals surface area (Å²) in [6.45, 7) is 0. The molecule has 1 aromatic carbocycles. The average molecular weight is 248 g/mol. The maximum atomic E-state index is 10.2. The number of aliphatic hydroxyl groups excluding tert-OH is 1. The van der Waals surface area contributed by atoms with E-state index in [-0.39, 0.29) is 6.10 Å². The van der Waals surface area contributed by atoms with E-state index in [0.717, 1.165) is 24.5 Å². The first-order valence-corrected chi connectivity index (χ1v) is 7.09. The second-order valence-corrected chi connectivity index (χ2v) is 5.45. The van der Waals surface area contributed by atoms with E-state index in [0.29, 0.717) is 0 Å². The number of methoxy groups -OCH3 is 1. The Balaban J connectivity index is 1.80. The molecule has 2 rings (SSSR count). The summed E-state index contributed by atoms with van der Waals surface area (Å²) in [5.41, 5.74) is 1.19. The normalized spacial score (nSPS) is 18.6. The van der Waals surface area contributed by atoms with Crippen LogP contribution in [0.1, 0.15) is 44.1 Å². The van der Waals surface area contributed by atoms with Crippen molar-refractivity contribution in [2.45, 2.75) is 51.0 Å². The monoisotopic (exact) mass is 248 g/mol. The van der Waals surface area contributed by atoms with Crippen LogP contribution in [0.2, 0.25) is 0 Å². The van der Waals surface area contributed by atoms with Gasteiger partial charge < -0.3 is 9.84 Å². The summed E-state index contributed by atoms with van der Waals surface area (Å²) >= 11 is 0. The van der Waals surface area contributed by atoms with Crippen molar-refractivity contribution in [3.63, 3.8) is 0 Å². The highest BCUT2D eigenvalue weighted by molar-refractivity contribution is 5.27. The summed E-state index contributed by atoms with van der Waals surface area (Å²) in [6, 6.07) is 8.01. The lowest BCUT2D eigenvalue weighted by Gasteiger charge is -2.24. The van der Waals surface area contributed by atoms with Crippen molar-refractivity contribution in [2.24, 2.45) is 5.92 Å². The van der Waals surface area contributed by atoms with Crippen LogP contribution in [0.4, 0.5) is 0 Å². The van der Waals surface area contributed by atoms with Crippen molar-refractivity contribution >= 4 is 0 Å². The highest BCUT2D eigenvalue weighted by atomic mass is 16.5. The van der Waals surface area contributed by atoms with E-state index in [1.54, 1.807) is 7.11 Å². The molecule has 2 nitrogen and oxygen atoms in total. The minimum absolute atomic E-state index is 0.193. The summed E-state index contributed by atoms with van der Waals surface area (Å²) in [5, 5.41) is 10.2. The molecule has 2 heteroatoms. The summed E-state index contributed by atoms with van der Waals surface area (Å²) in [4.78, 5) is 0. The highest BCUT2D eigenvalue weighted by Crippen LogP contribution is 2.28. The molecule has 0 bridgehead atoms. The minimum atomic E-state index is -0.193. The Bertz CT molecular complexity index is 339. The van der Waals surface area contributed by atoms with Crippen molar-refractivity contribution < 1.29 is 9.84 Å². The Morgan fingerprint density at radius 3 is 2.44 bits per heavy atom. The first-order chi connectivity index (χ1) is 8.78. The number of aliphatic hydroxyl groups is 1.